The summed E-state index contributed by atoms with van der Waals surface area (Å²) in [5, 5.41) is 4.01. The van der Waals surface area contributed by atoms with E-state index in [4.69, 9.17) is 46.4 Å². The standard InChI is InChI=1S/C30H33Cl4N3O4S/c1-5-20(4)35-30(39)28(6-2)36(17-21-9-10-22(31)15-26(21)33)29(38)18-37(23-11-14-25(32)27(34)16-23)42(40,41)24-12-7-19(3)8-13-24/h7-16,20,28H,5-6,17-18H2,1-4H3,(H,35,39)/t20-,28-/m0/s1. The lowest BCUT2D eigenvalue weighted by atomic mass is 10.1. The number of nitrogens with one attached hydrogen (secondary N) is 1. The summed E-state index contributed by atoms with van der Waals surface area (Å²) in [6.45, 7) is 6.75. The van der Waals surface area contributed by atoms with Gasteiger partial charge in [-0.05, 0) is 74.7 Å². The maximum atomic E-state index is 14.2. The summed E-state index contributed by atoms with van der Waals surface area (Å²) in [6, 6.07) is 14.4. The molecule has 3 rings (SSSR count). The van der Waals surface area contributed by atoms with Crippen molar-refractivity contribution in [2.75, 3.05) is 10.8 Å². The zero-order valence-corrected chi connectivity index (χ0v) is 27.5. The number of carbonyl (C=O) groups excluding carboxylic acids is 2. The molecule has 3 aromatic carbocycles. The van der Waals surface area contributed by atoms with Gasteiger partial charge in [0, 0.05) is 22.6 Å². The summed E-state index contributed by atoms with van der Waals surface area (Å²) in [4.78, 5) is 28.9. The molecule has 0 spiro atoms. The van der Waals surface area contributed by atoms with Crippen LogP contribution in [0.4, 0.5) is 5.69 Å². The van der Waals surface area contributed by atoms with Gasteiger partial charge in [0.05, 0.1) is 20.6 Å². The van der Waals surface area contributed by atoms with E-state index < -0.39 is 28.5 Å². The molecule has 0 radical (unpaired) electrons. The van der Waals surface area contributed by atoms with Gasteiger partial charge in [0.2, 0.25) is 11.8 Å². The lowest BCUT2D eigenvalue weighted by Gasteiger charge is -2.34. The van der Waals surface area contributed by atoms with Crippen LogP contribution in [0.25, 0.3) is 0 Å². The second-order valence-electron chi connectivity index (χ2n) is 9.92. The molecule has 0 heterocycles. The summed E-state index contributed by atoms with van der Waals surface area (Å²) in [7, 11) is -4.25. The van der Waals surface area contributed by atoms with Crippen LogP contribution in [0.15, 0.2) is 65.6 Å². The van der Waals surface area contributed by atoms with Crippen LogP contribution in [-0.2, 0) is 26.2 Å². The molecular weight excluding hydrogens is 640 g/mol. The third kappa shape index (κ3) is 8.32. The maximum Gasteiger partial charge on any atom is 0.264 e. The number of nitrogens with zero attached hydrogens (tertiary/aromatic N) is 2. The van der Waals surface area contributed by atoms with Crippen molar-refractivity contribution in [3.8, 4) is 0 Å². The van der Waals surface area contributed by atoms with Crippen LogP contribution in [0.1, 0.15) is 44.7 Å². The fraction of sp³-hybridized carbons (Fsp3) is 0.333. The molecular formula is C30H33Cl4N3O4S. The van der Waals surface area contributed by atoms with Gasteiger partial charge >= 0.3 is 0 Å². The Morgan fingerprint density at radius 2 is 1.52 bits per heavy atom. The van der Waals surface area contributed by atoms with Crippen molar-refractivity contribution in [2.24, 2.45) is 0 Å². The Bertz CT molecular complexity index is 1530. The van der Waals surface area contributed by atoms with E-state index in [1.54, 1.807) is 37.3 Å². The first-order valence-corrected chi connectivity index (χ1v) is 16.3. The van der Waals surface area contributed by atoms with E-state index in [1.807, 2.05) is 20.8 Å². The monoisotopic (exact) mass is 671 g/mol. The number of aryl methyl sites for hydroxylation is 1. The fourth-order valence-corrected chi connectivity index (χ4v) is 6.37. The molecule has 12 heteroatoms. The summed E-state index contributed by atoms with van der Waals surface area (Å²) in [5.41, 5.74) is 1.56. The van der Waals surface area contributed by atoms with Gasteiger partial charge in [0.1, 0.15) is 12.6 Å². The Labute approximate surface area is 267 Å². The lowest BCUT2D eigenvalue weighted by Crippen LogP contribution is -2.53. The SMILES string of the molecule is CC[C@H](C)NC(=O)[C@H](CC)N(Cc1ccc(Cl)cc1Cl)C(=O)CN(c1ccc(Cl)c(Cl)c1)S(=O)(=O)c1ccc(C)cc1. The summed E-state index contributed by atoms with van der Waals surface area (Å²) in [5.74, 6) is -0.971. The number of rotatable bonds is 12. The van der Waals surface area contributed by atoms with Crippen molar-refractivity contribution in [3.05, 3.63) is 91.9 Å². The normalized spacial score (nSPS) is 12.9. The van der Waals surface area contributed by atoms with E-state index in [-0.39, 0.29) is 45.5 Å². The predicted molar refractivity (Wildman–Crippen MR) is 171 cm³/mol. The number of halogens is 4. The zero-order chi connectivity index (χ0) is 31.2. The third-order valence-electron chi connectivity index (χ3n) is 6.82. The predicted octanol–water partition coefficient (Wildman–Crippen LogP) is 7.53. The fourth-order valence-electron chi connectivity index (χ4n) is 4.20. The molecule has 0 aromatic heterocycles. The highest BCUT2D eigenvalue weighted by atomic mass is 35.5. The van der Waals surface area contributed by atoms with Crippen molar-refractivity contribution in [1.82, 2.24) is 10.2 Å². The van der Waals surface area contributed by atoms with Crippen molar-refractivity contribution < 1.29 is 18.0 Å². The van der Waals surface area contributed by atoms with Gasteiger partial charge in [0.15, 0.2) is 0 Å². The second-order valence-corrected chi connectivity index (χ2v) is 13.4. The Balaban J connectivity index is 2.11. The Morgan fingerprint density at radius 3 is 2.10 bits per heavy atom. The molecule has 0 saturated heterocycles. The number of carbonyl (C=O) groups is 2. The van der Waals surface area contributed by atoms with Crippen molar-refractivity contribution >= 4 is 73.9 Å². The number of anilines is 1. The van der Waals surface area contributed by atoms with Crippen molar-refractivity contribution in [3.63, 3.8) is 0 Å². The van der Waals surface area contributed by atoms with E-state index >= 15 is 0 Å². The van der Waals surface area contributed by atoms with E-state index in [2.05, 4.69) is 5.32 Å². The van der Waals surface area contributed by atoms with Gasteiger partial charge in [-0.1, -0.05) is 84.0 Å². The molecule has 1 N–H and O–H groups in total. The molecule has 0 bridgehead atoms. The summed E-state index contributed by atoms with van der Waals surface area (Å²) >= 11 is 24.9. The van der Waals surface area contributed by atoms with Gasteiger partial charge < -0.3 is 10.2 Å². The van der Waals surface area contributed by atoms with Crippen molar-refractivity contribution in [1.29, 1.82) is 0 Å². The number of amides is 2. The van der Waals surface area contributed by atoms with Crippen LogP contribution in [0.3, 0.4) is 0 Å². The van der Waals surface area contributed by atoms with Gasteiger partial charge in [0.25, 0.3) is 10.0 Å². The molecule has 2 amide bonds. The minimum absolute atomic E-state index is 0.0131. The first-order chi connectivity index (χ1) is 19.8. The highest BCUT2D eigenvalue weighted by Gasteiger charge is 2.34. The highest BCUT2D eigenvalue weighted by molar-refractivity contribution is 7.92. The minimum atomic E-state index is -4.25. The summed E-state index contributed by atoms with van der Waals surface area (Å²) < 4.78 is 28.9. The zero-order valence-electron chi connectivity index (χ0n) is 23.7. The number of hydrogen-bond donors (Lipinski definition) is 1. The van der Waals surface area contributed by atoms with Crippen LogP contribution in [0, 0.1) is 6.92 Å². The molecule has 0 aliphatic rings. The van der Waals surface area contributed by atoms with Gasteiger partial charge in [-0.3, -0.25) is 13.9 Å². The molecule has 0 fully saturated rings. The number of benzene rings is 3. The van der Waals surface area contributed by atoms with Crippen LogP contribution in [-0.4, -0.2) is 43.8 Å². The molecule has 2 atom stereocenters. The largest absolute Gasteiger partial charge is 0.352 e. The van der Waals surface area contributed by atoms with Crippen molar-refractivity contribution in [2.45, 2.75) is 64.1 Å². The first kappa shape index (κ1) is 34.0. The first-order valence-electron chi connectivity index (χ1n) is 13.4. The average molecular weight is 673 g/mol. The second kappa shape index (κ2) is 14.8. The lowest BCUT2D eigenvalue weighted by molar-refractivity contribution is -0.140. The number of sulfonamides is 1. The van der Waals surface area contributed by atoms with Crippen LogP contribution in [0.2, 0.25) is 20.1 Å². The maximum absolute atomic E-state index is 14.2. The highest BCUT2D eigenvalue weighted by Crippen LogP contribution is 2.31. The molecule has 226 valence electrons. The summed E-state index contributed by atoms with van der Waals surface area (Å²) in [6.07, 6.45) is 0.968. The van der Waals surface area contributed by atoms with E-state index in [9.17, 15) is 18.0 Å². The molecule has 0 aliphatic heterocycles. The van der Waals surface area contributed by atoms with Crippen LogP contribution in [0.5, 0.6) is 0 Å². The topological polar surface area (TPSA) is 86.8 Å². The van der Waals surface area contributed by atoms with Crippen LogP contribution < -0.4 is 9.62 Å². The molecule has 0 aliphatic carbocycles. The quantitative estimate of drug-likeness (QED) is 0.216. The smallest absolute Gasteiger partial charge is 0.264 e. The van der Waals surface area contributed by atoms with Gasteiger partial charge in [-0.25, -0.2) is 8.42 Å². The Kier molecular flexibility index (Phi) is 12.0. The van der Waals surface area contributed by atoms with E-state index in [1.165, 1.54) is 35.2 Å². The minimum Gasteiger partial charge on any atom is -0.352 e. The van der Waals surface area contributed by atoms with Gasteiger partial charge in [-0.15, -0.1) is 0 Å². The van der Waals surface area contributed by atoms with E-state index in [0.717, 1.165) is 9.87 Å². The Morgan fingerprint density at radius 1 is 0.857 bits per heavy atom. The molecule has 3 aromatic rings. The molecule has 7 nitrogen and oxygen atoms in total. The van der Waals surface area contributed by atoms with Gasteiger partial charge in [-0.2, -0.15) is 0 Å². The number of hydrogen-bond acceptors (Lipinski definition) is 4. The molecule has 0 saturated carbocycles. The third-order valence-corrected chi connectivity index (χ3v) is 9.94. The molecule has 42 heavy (non-hydrogen) atoms. The Hall–Kier alpha value is -2.49. The molecule has 0 unspecified atom stereocenters. The van der Waals surface area contributed by atoms with E-state index in [0.29, 0.717) is 22.0 Å². The van der Waals surface area contributed by atoms with Crippen LogP contribution >= 0.6 is 46.4 Å². The average Bonchev–Trinajstić information content (AvgIpc) is 2.94.